The van der Waals surface area contributed by atoms with Crippen LogP contribution in [0.4, 0.5) is 0 Å². The van der Waals surface area contributed by atoms with E-state index in [-0.39, 0.29) is 29.6 Å². The van der Waals surface area contributed by atoms with Crippen LogP contribution in [0, 0.1) is 0 Å². The van der Waals surface area contributed by atoms with Crippen molar-refractivity contribution in [3.05, 3.63) is 30.3 Å². The van der Waals surface area contributed by atoms with Gasteiger partial charge in [-0.05, 0) is 32.4 Å². The van der Waals surface area contributed by atoms with Gasteiger partial charge in [0.15, 0.2) is 5.96 Å². The summed E-state index contributed by atoms with van der Waals surface area (Å²) in [6.07, 6.45) is 0.906. The number of ether oxygens (including phenoxy) is 2. The summed E-state index contributed by atoms with van der Waals surface area (Å²) in [5.74, 6) is 1.68. The minimum Gasteiger partial charge on any atom is -0.494 e. The number of halogens is 1. The number of hydrogen-bond donors (Lipinski definition) is 2. The van der Waals surface area contributed by atoms with Crippen molar-refractivity contribution >= 4 is 29.9 Å². The molecule has 0 spiro atoms. The van der Waals surface area contributed by atoms with Crippen LogP contribution in [0.2, 0.25) is 0 Å². The average Bonchev–Trinajstić information content (AvgIpc) is 2.51. The molecule has 0 aliphatic carbocycles. The van der Waals surface area contributed by atoms with Crippen LogP contribution >= 0.6 is 24.0 Å². The Morgan fingerprint density at radius 1 is 1.18 bits per heavy atom. The van der Waals surface area contributed by atoms with Gasteiger partial charge in [-0.25, -0.2) is 0 Å². The van der Waals surface area contributed by atoms with Crippen LogP contribution in [-0.2, 0) is 4.74 Å². The second-order valence-electron chi connectivity index (χ2n) is 5.33. The summed E-state index contributed by atoms with van der Waals surface area (Å²) in [5, 5.41) is 6.50. The summed E-state index contributed by atoms with van der Waals surface area (Å²) in [7, 11) is 3.47. The van der Waals surface area contributed by atoms with Gasteiger partial charge in [0.1, 0.15) is 5.75 Å². The predicted octanol–water partition coefficient (Wildman–Crippen LogP) is 2.66. The zero-order chi connectivity index (χ0) is 15.6. The van der Waals surface area contributed by atoms with Crippen LogP contribution in [0.3, 0.4) is 0 Å². The Morgan fingerprint density at radius 2 is 1.86 bits per heavy atom. The molecule has 5 nitrogen and oxygen atoms in total. The Kier molecular flexibility index (Phi) is 11.0. The molecular formula is C16H28IN3O2. The first-order chi connectivity index (χ1) is 10.1. The van der Waals surface area contributed by atoms with Gasteiger partial charge in [0.2, 0.25) is 0 Å². The zero-order valence-electron chi connectivity index (χ0n) is 13.9. The Bertz CT molecular complexity index is 425. The maximum Gasteiger partial charge on any atom is 0.191 e. The largest absolute Gasteiger partial charge is 0.494 e. The van der Waals surface area contributed by atoms with E-state index in [4.69, 9.17) is 9.47 Å². The van der Waals surface area contributed by atoms with E-state index in [1.165, 1.54) is 0 Å². The van der Waals surface area contributed by atoms with Gasteiger partial charge >= 0.3 is 0 Å². The molecule has 0 saturated carbocycles. The van der Waals surface area contributed by atoms with E-state index in [0.717, 1.165) is 24.7 Å². The fourth-order valence-corrected chi connectivity index (χ4v) is 1.58. The number of para-hydroxylation sites is 1. The molecule has 0 amide bonds. The van der Waals surface area contributed by atoms with Crippen molar-refractivity contribution in [1.29, 1.82) is 0 Å². The van der Waals surface area contributed by atoms with Crippen LogP contribution in [-0.4, -0.2) is 45.4 Å². The maximum absolute atomic E-state index is 5.63. The summed E-state index contributed by atoms with van der Waals surface area (Å²) in [6, 6.07) is 9.83. The first-order valence-corrected chi connectivity index (χ1v) is 7.25. The highest BCUT2D eigenvalue weighted by atomic mass is 127. The summed E-state index contributed by atoms with van der Waals surface area (Å²) in [4.78, 5) is 4.18. The van der Waals surface area contributed by atoms with Crippen molar-refractivity contribution in [2.75, 3.05) is 33.9 Å². The smallest absolute Gasteiger partial charge is 0.191 e. The molecular weight excluding hydrogens is 393 g/mol. The van der Waals surface area contributed by atoms with E-state index in [0.29, 0.717) is 13.2 Å². The predicted molar refractivity (Wildman–Crippen MR) is 102 cm³/mol. The second-order valence-corrected chi connectivity index (χ2v) is 5.33. The highest BCUT2D eigenvalue weighted by Crippen LogP contribution is 2.08. The molecule has 126 valence electrons. The Morgan fingerprint density at radius 3 is 2.45 bits per heavy atom. The van der Waals surface area contributed by atoms with Crippen molar-refractivity contribution in [2.24, 2.45) is 4.99 Å². The summed E-state index contributed by atoms with van der Waals surface area (Å²) < 4.78 is 11.0. The normalized spacial score (nSPS) is 11.5. The number of guanidine groups is 1. The average molecular weight is 421 g/mol. The molecule has 1 aromatic rings. The molecule has 0 fully saturated rings. The SMILES string of the molecule is CN=C(NCCCOc1ccccc1)NCC(C)(C)OC.I. The van der Waals surface area contributed by atoms with Gasteiger partial charge in [-0.3, -0.25) is 4.99 Å². The van der Waals surface area contributed by atoms with Crippen molar-refractivity contribution in [3.8, 4) is 5.75 Å². The van der Waals surface area contributed by atoms with Gasteiger partial charge in [0, 0.05) is 27.2 Å². The minimum absolute atomic E-state index is 0. The molecule has 0 aliphatic rings. The summed E-state index contributed by atoms with van der Waals surface area (Å²) in [6.45, 7) is 6.24. The molecule has 1 rings (SSSR count). The molecule has 0 heterocycles. The minimum atomic E-state index is -0.214. The molecule has 0 atom stereocenters. The fourth-order valence-electron chi connectivity index (χ4n) is 1.58. The topological polar surface area (TPSA) is 54.9 Å². The van der Waals surface area contributed by atoms with Gasteiger partial charge in [0.25, 0.3) is 0 Å². The van der Waals surface area contributed by atoms with Crippen LogP contribution in [0.15, 0.2) is 35.3 Å². The van der Waals surface area contributed by atoms with Gasteiger partial charge in [-0.2, -0.15) is 0 Å². The van der Waals surface area contributed by atoms with Crippen molar-refractivity contribution in [2.45, 2.75) is 25.9 Å². The van der Waals surface area contributed by atoms with E-state index in [1.807, 2.05) is 44.2 Å². The molecule has 0 bridgehead atoms. The highest BCUT2D eigenvalue weighted by molar-refractivity contribution is 14.0. The lowest BCUT2D eigenvalue weighted by Gasteiger charge is -2.24. The van der Waals surface area contributed by atoms with Crippen LogP contribution in [0.5, 0.6) is 5.75 Å². The highest BCUT2D eigenvalue weighted by Gasteiger charge is 2.16. The van der Waals surface area contributed by atoms with E-state index < -0.39 is 0 Å². The number of nitrogens with zero attached hydrogens (tertiary/aromatic N) is 1. The van der Waals surface area contributed by atoms with Crippen molar-refractivity contribution in [1.82, 2.24) is 10.6 Å². The van der Waals surface area contributed by atoms with Gasteiger partial charge in [-0.1, -0.05) is 18.2 Å². The summed E-state index contributed by atoms with van der Waals surface area (Å²) in [5.41, 5.74) is -0.214. The number of nitrogens with one attached hydrogen (secondary N) is 2. The first-order valence-electron chi connectivity index (χ1n) is 7.25. The van der Waals surface area contributed by atoms with Crippen molar-refractivity contribution in [3.63, 3.8) is 0 Å². The molecule has 6 heteroatoms. The molecule has 1 aromatic carbocycles. The molecule has 2 N–H and O–H groups in total. The van der Waals surface area contributed by atoms with Gasteiger partial charge in [-0.15, -0.1) is 24.0 Å². The lowest BCUT2D eigenvalue weighted by atomic mass is 10.1. The number of rotatable bonds is 8. The monoisotopic (exact) mass is 421 g/mol. The standard InChI is InChI=1S/C16H27N3O2.HI/c1-16(2,20-4)13-19-15(17-3)18-11-8-12-21-14-9-6-5-7-10-14;/h5-7,9-10H,8,11-13H2,1-4H3,(H2,17,18,19);1H. The van der Waals surface area contributed by atoms with E-state index in [1.54, 1.807) is 14.2 Å². The Balaban J connectivity index is 0.00000441. The van der Waals surface area contributed by atoms with E-state index in [9.17, 15) is 0 Å². The fraction of sp³-hybridized carbons (Fsp3) is 0.562. The molecule has 22 heavy (non-hydrogen) atoms. The number of benzene rings is 1. The first kappa shape index (κ1) is 21.0. The second kappa shape index (κ2) is 11.5. The third-order valence-electron chi connectivity index (χ3n) is 3.08. The molecule has 0 radical (unpaired) electrons. The van der Waals surface area contributed by atoms with Crippen LogP contribution in [0.1, 0.15) is 20.3 Å². The third-order valence-corrected chi connectivity index (χ3v) is 3.08. The Labute approximate surface area is 150 Å². The lowest BCUT2D eigenvalue weighted by Crippen LogP contribution is -2.45. The van der Waals surface area contributed by atoms with Crippen LogP contribution < -0.4 is 15.4 Å². The van der Waals surface area contributed by atoms with Crippen molar-refractivity contribution < 1.29 is 9.47 Å². The van der Waals surface area contributed by atoms with E-state index >= 15 is 0 Å². The quantitative estimate of drug-likeness (QED) is 0.293. The number of hydrogen-bond acceptors (Lipinski definition) is 3. The van der Waals surface area contributed by atoms with Gasteiger partial charge in [0.05, 0.1) is 12.2 Å². The molecule has 0 aromatic heterocycles. The third kappa shape index (κ3) is 9.09. The maximum atomic E-state index is 5.63. The molecule has 0 unspecified atom stereocenters. The van der Waals surface area contributed by atoms with Crippen LogP contribution in [0.25, 0.3) is 0 Å². The Hall–Kier alpha value is -1.02. The lowest BCUT2D eigenvalue weighted by molar-refractivity contribution is 0.0268. The molecule has 0 saturated heterocycles. The number of aliphatic imine (C=N–C) groups is 1. The molecule has 0 aliphatic heterocycles. The number of methoxy groups -OCH3 is 1. The van der Waals surface area contributed by atoms with Gasteiger partial charge < -0.3 is 20.1 Å². The van der Waals surface area contributed by atoms with E-state index in [2.05, 4.69) is 15.6 Å². The zero-order valence-corrected chi connectivity index (χ0v) is 16.2. The summed E-state index contributed by atoms with van der Waals surface area (Å²) >= 11 is 0.